The van der Waals surface area contributed by atoms with Crippen molar-refractivity contribution in [2.45, 2.75) is 20.0 Å². The van der Waals surface area contributed by atoms with E-state index in [1.165, 1.54) is 25.3 Å². The topological polar surface area (TPSA) is 55.6 Å². The van der Waals surface area contributed by atoms with Gasteiger partial charge in [-0.2, -0.15) is 23.3 Å². The summed E-state index contributed by atoms with van der Waals surface area (Å²) >= 11 is 3.22. The molecule has 0 saturated carbocycles. The van der Waals surface area contributed by atoms with E-state index in [4.69, 9.17) is 0 Å². The molecule has 0 amide bonds. The van der Waals surface area contributed by atoms with Gasteiger partial charge in [0, 0.05) is 17.6 Å². The van der Waals surface area contributed by atoms with Gasteiger partial charge < -0.3 is 5.32 Å². The van der Waals surface area contributed by atoms with E-state index in [0.29, 0.717) is 15.7 Å². The molecule has 136 valence electrons. The van der Waals surface area contributed by atoms with Gasteiger partial charge in [0.2, 0.25) is 5.95 Å². The average Bonchev–Trinajstić information content (AvgIpc) is 2.95. The molecule has 3 rings (SSSR count). The summed E-state index contributed by atoms with van der Waals surface area (Å²) in [5.41, 5.74) is 0.236. The lowest BCUT2D eigenvalue weighted by Crippen LogP contribution is -2.10. The van der Waals surface area contributed by atoms with Crippen molar-refractivity contribution in [3.05, 3.63) is 57.7 Å². The first-order chi connectivity index (χ1) is 12.1. The predicted molar refractivity (Wildman–Crippen MR) is 91.0 cm³/mol. The standard InChI is InChI=1S/C16H12BrF4N5/c1-8-5-10(3-4-12(8)18)23-15-22-7-11(17)14(24-15)26-9(2)6-13(25-26)16(19,20)21/h3-7H,1-2H3,(H,22,23,24). The second kappa shape index (κ2) is 6.67. The molecule has 0 atom stereocenters. The maximum atomic E-state index is 13.4. The third kappa shape index (κ3) is 3.69. The van der Waals surface area contributed by atoms with Crippen LogP contribution in [0.15, 0.2) is 34.9 Å². The molecule has 0 aliphatic carbocycles. The van der Waals surface area contributed by atoms with Crippen LogP contribution >= 0.6 is 15.9 Å². The van der Waals surface area contributed by atoms with Crippen molar-refractivity contribution >= 4 is 27.6 Å². The number of hydrogen-bond acceptors (Lipinski definition) is 4. The quantitative estimate of drug-likeness (QED) is 0.598. The molecule has 0 aliphatic heterocycles. The van der Waals surface area contributed by atoms with Crippen LogP contribution in [0.5, 0.6) is 0 Å². The highest BCUT2D eigenvalue weighted by Crippen LogP contribution is 2.30. The first-order valence-electron chi connectivity index (χ1n) is 7.35. The van der Waals surface area contributed by atoms with E-state index in [0.717, 1.165) is 10.7 Å². The summed E-state index contributed by atoms with van der Waals surface area (Å²) < 4.78 is 53.4. The van der Waals surface area contributed by atoms with E-state index in [2.05, 4.69) is 36.3 Å². The van der Waals surface area contributed by atoms with E-state index in [1.54, 1.807) is 13.0 Å². The summed E-state index contributed by atoms with van der Waals surface area (Å²) in [4.78, 5) is 8.29. The van der Waals surface area contributed by atoms with E-state index >= 15 is 0 Å². The number of alkyl halides is 3. The second-order valence-corrected chi connectivity index (χ2v) is 6.39. The van der Waals surface area contributed by atoms with Crippen LogP contribution in [0.2, 0.25) is 0 Å². The Labute approximate surface area is 154 Å². The SMILES string of the molecule is Cc1cc(Nc2ncc(Br)c(-n3nc(C(F)(F)F)cc3C)n2)ccc1F. The van der Waals surface area contributed by atoms with E-state index in [1.807, 2.05) is 0 Å². The molecule has 0 unspecified atom stereocenters. The Hall–Kier alpha value is -2.49. The molecule has 5 nitrogen and oxygen atoms in total. The van der Waals surface area contributed by atoms with Crippen molar-refractivity contribution in [3.63, 3.8) is 0 Å². The van der Waals surface area contributed by atoms with Gasteiger partial charge in [-0.15, -0.1) is 0 Å². The third-order valence-corrected chi connectivity index (χ3v) is 4.08. The molecule has 2 aromatic heterocycles. The summed E-state index contributed by atoms with van der Waals surface area (Å²) in [5, 5.41) is 6.47. The highest BCUT2D eigenvalue weighted by Gasteiger charge is 2.34. The monoisotopic (exact) mass is 429 g/mol. The molecule has 0 saturated heterocycles. The lowest BCUT2D eigenvalue weighted by molar-refractivity contribution is -0.141. The second-order valence-electron chi connectivity index (χ2n) is 5.53. The molecule has 10 heteroatoms. The fourth-order valence-corrected chi connectivity index (χ4v) is 2.60. The molecular weight excluding hydrogens is 418 g/mol. The van der Waals surface area contributed by atoms with Crippen molar-refractivity contribution in [1.82, 2.24) is 19.7 Å². The maximum absolute atomic E-state index is 13.4. The largest absolute Gasteiger partial charge is 0.435 e. The number of nitrogens with one attached hydrogen (secondary N) is 1. The molecule has 0 bridgehead atoms. The minimum atomic E-state index is -4.55. The van der Waals surface area contributed by atoms with Crippen molar-refractivity contribution in [3.8, 4) is 5.82 Å². The molecule has 3 aromatic rings. The van der Waals surface area contributed by atoms with Crippen LogP contribution in [-0.2, 0) is 6.18 Å². The Morgan fingerprint density at radius 2 is 1.88 bits per heavy atom. The number of benzene rings is 1. The fraction of sp³-hybridized carbons (Fsp3) is 0.188. The zero-order valence-corrected chi connectivity index (χ0v) is 15.2. The van der Waals surface area contributed by atoms with Crippen LogP contribution in [0.3, 0.4) is 0 Å². The van der Waals surface area contributed by atoms with Gasteiger partial charge in [-0.1, -0.05) is 0 Å². The normalized spacial score (nSPS) is 11.7. The number of halogens is 5. The molecular formula is C16H12BrF4N5. The summed E-state index contributed by atoms with van der Waals surface area (Å²) in [7, 11) is 0. The minimum absolute atomic E-state index is 0.137. The number of nitrogens with zero attached hydrogens (tertiary/aromatic N) is 4. The van der Waals surface area contributed by atoms with Gasteiger partial charge in [-0.3, -0.25) is 0 Å². The van der Waals surface area contributed by atoms with Crippen LogP contribution in [0.25, 0.3) is 5.82 Å². The summed E-state index contributed by atoms with van der Waals surface area (Å²) in [6, 6.07) is 5.31. The Morgan fingerprint density at radius 3 is 2.50 bits per heavy atom. The van der Waals surface area contributed by atoms with Crippen molar-refractivity contribution in [2.24, 2.45) is 0 Å². The Bertz CT molecular complexity index is 968. The van der Waals surface area contributed by atoms with Crippen molar-refractivity contribution < 1.29 is 17.6 Å². The van der Waals surface area contributed by atoms with Gasteiger partial charge in [0.25, 0.3) is 0 Å². The van der Waals surface area contributed by atoms with Crippen molar-refractivity contribution in [2.75, 3.05) is 5.32 Å². The average molecular weight is 430 g/mol. The van der Waals surface area contributed by atoms with Crippen LogP contribution in [0, 0.1) is 19.7 Å². The minimum Gasteiger partial charge on any atom is -0.324 e. The lowest BCUT2D eigenvalue weighted by atomic mass is 10.2. The maximum Gasteiger partial charge on any atom is 0.435 e. The third-order valence-electron chi connectivity index (χ3n) is 3.52. The molecule has 0 spiro atoms. The highest BCUT2D eigenvalue weighted by atomic mass is 79.9. The molecule has 0 radical (unpaired) electrons. The molecule has 26 heavy (non-hydrogen) atoms. The van der Waals surface area contributed by atoms with Crippen LogP contribution in [-0.4, -0.2) is 19.7 Å². The van der Waals surface area contributed by atoms with Gasteiger partial charge in [0.05, 0.1) is 4.47 Å². The molecule has 0 fully saturated rings. The predicted octanol–water partition coefficient (Wildman–Crippen LogP) is 4.94. The molecule has 1 aromatic carbocycles. The zero-order chi connectivity index (χ0) is 19.1. The Kier molecular flexibility index (Phi) is 4.70. The first kappa shape index (κ1) is 18.3. The van der Waals surface area contributed by atoms with Crippen LogP contribution < -0.4 is 5.32 Å². The number of rotatable bonds is 3. The van der Waals surface area contributed by atoms with E-state index in [-0.39, 0.29) is 23.3 Å². The molecule has 2 heterocycles. The number of aryl methyl sites for hydroxylation is 2. The van der Waals surface area contributed by atoms with Crippen LogP contribution in [0.1, 0.15) is 17.0 Å². The summed E-state index contributed by atoms with van der Waals surface area (Å²) in [6.07, 6.45) is -3.16. The van der Waals surface area contributed by atoms with E-state index in [9.17, 15) is 17.6 Å². The summed E-state index contributed by atoms with van der Waals surface area (Å²) in [6.45, 7) is 3.10. The number of aromatic nitrogens is 4. The molecule has 1 N–H and O–H groups in total. The zero-order valence-electron chi connectivity index (χ0n) is 13.6. The lowest BCUT2D eigenvalue weighted by Gasteiger charge is -2.10. The smallest absolute Gasteiger partial charge is 0.324 e. The summed E-state index contributed by atoms with van der Waals surface area (Å²) in [5.74, 6) is -0.0631. The Balaban J connectivity index is 1.98. The molecule has 0 aliphatic rings. The number of hydrogen-bond donors (Lipinski definition) is 1. The van der Waals surface area contributed by atoms with Gasteiger partial charge in [-0.05, 0) is 59.6 Å². The van der Waals surface area contributed by atoms with E-state index < -0.39 is 11.9 Å². The first-order valence-corrected chi connectivity index (χ1v) is 8.14. The van der Waals surface area contributed by atoms with Crippen molar-refractivity contribution in [1.29, 1.82) is 0 Å². The van der Waals surface area contributed by atoms with Gasteiger partial charge in [0.1, 0.15) is 5.82 Å². The van der Waals surface area contributed by atoms with Gasteiger partial charge in [0.15, 0.2) is 11.5 Å². The Morgan fingerprint density at radius 1 is 1.15 bits per heavy atom. The number of anilines is 2. The van der Waals surface area contributed by atoms with Gasteiger partial charge >= 0.3 is 6.18 Å². The fourth-order valence-electron chi connectivity index (χ4n) is 2.25. The highest BCUT2D eigenvalue weighted by molar-refractivity contribution is 9.10. The van der Waals surface area contributed by atoms with Crippen LogP contribution in [0.4, 0.5) is 29.2 Å². The van der Waals surface area contributed by atoms with Gasteiger partial charge in [-0.25, -0.2) is 14.1 Å².